The van der Waals surface area contributed by atoms with E-state index in [1.807, 2.05) is 6.07 Å². The highest BCUT2D eigenvalue weighted by atomic mass is 16.6. The third-order valence-corrected chi connectivity index (χ3v) is 3.80. The molecule has 106 valence electrons. The Labute approximate surface area is 117 Å². The van der Waals surface area contributed by atoms with Crippen molar-refractivity contribution >= 4 is 11.4 Å². The average molecular weight is 274 g/mol. The molecule has 1 fully saturated rings. The fraction of sp³-hybridized carbons (Fsp3) is 0.500. The SMILES string of the molecule is N#Cc1ccc([N+](=O)[O-])c(NCC2(N)CCCCC2)c1. The first-order chi connectivity index (χ1) is 9.54. The number of nitrogens with two attached hydrogens (primary N) is 1. The van der Waals surface area contributed by atoms with E-state index in [0.717, 1.165) is 25.7 Å². The van der Waals surface area contributed by atoms with Crippen molar-refractivity contribution < 1.29 is 4.92 Å². The second-order valence-electron chi connectivity index (χ2n) is 5.38. The topological polar surface area (TPSA) is 105 Å². The van der Waals surface area contributed by atoms with Crippen LogP contribution in [-0.4, -0.2) is 17.0 Å². The van der Waals surface area contributed by atoms with Crippen LogP contribution < -0.4 is 11.1 Å². The summed E-state index contributed by atoms with van der Waals surface area (Å²) in [5.74, 6) is 0. The van der Waals surface area contributed by atoms with Gasteiger partial charge >= 0.3 is 0 Å². The summed E-state index contributed by atoms with van der Waals surface area (Å²) in [6.45, 7) is 0.489. The minimum Gasteiger partial charge on any atom is -0.378 e. The van der Waals surface area contributed by atoms with E-state index in [9.17, 15) is 10.1 Å². The number of anilines is 1. The molecule has 0 atom stereocenters. The normalized spacial score (nSPS) is 17.2. The zero-order valence-electron chi connectivity index (χ0n) is 11.3. The van der Waals surface area contributed by atoms with Gasteiger partial charge in [-0.3, -0.25) is 10.1 Å². The van der Waals surface area contributed by atoms with Crippen LogP contribution in [0.2, 0.25) is 0 Å². The van der Waals surface area contributed by atoms with Crippen molar-refractivity contribution in [3.8, 4) is 6.07 Å². The Morgan fingerprint density at radius 2 is 2.10 bits per heavy atom. The van der Waals surface area contributed by atoms with Gasteiger partial charge in [-0.05, 0) is 25.0 Å². The maximum Gasteiger partial charge on any atom is 0.292 e. The van der Waals surface area contributed by atoms with Crippen molar-refractivity contribution in [3.05, 3.63) is 33.9 Å². The van der Waals surface area contributed by atoms with Gasteiger partial charge in [0.2, 0.25) is 0 Å². The molecule has 0 radical (unpaired) electrons. The molecule has 6 heteroatoms. The second kappa shape index (κ2) is 5.88. The quantitative estimate of drug-likeness (QED) is 0.648. The monoisotopic (exact) mass is 274 g/mol. The van der Waals surface area contributed by atoms with Gasteiger partial charge in [-0.25, -0.2) is 0 Å². The van der Waals surface area contributed by atoms with Gasteiger partial charge in [0.05, 0.1) is 16.6 Å². The number of nitrogens with one attached hydrogen (secondary N) is 1. The lowest BCUT2D eigenvalue weighted by Crippen LogP contribution is -2.47. The van der Waals surface area contributed by atoms with Crippen LogP contribution in [0.15, 0.2) is 18.2 Å². The van der Waals surface area contributed by atoms with E-state index in [1.54, 1.807) is 0 Å². The molecule has 2 rings (SSSR count). The van der Waals surface area contributed by atoms with Crippen molar-refractivity contribution in [2.45, 2.75) is 37.6 Å². The summed E-state index contributed by atoms with van der Waals surface area (Å²) >= 11 is 0. The van der Waals surface area contributed by atoms with Crippen molar-refractivity contribution in [1.29, 1.82) is 5.26 Å². The van der Waals surface area contributed by atoms with Crippen molar-refractivity contribution in [2.75, 3.05) is 11.9 Å². The highest BCUT2D eigenvalue weighted by Gasteiger charge is 2.28. The molecule has 0 aromatic heterocycles. The van der Waals surface area contributed by atoms with Crippen LogP contribution in [0.25, 0.3) is 0 Å². The van der Waals surface area contributed by atoms with E-state index in [-0.39, 0.29) is 11.2 Å². The molecule has 20 heavy (non-hydrogen) atoms. The van der Waals surface area contributed by atoms with Gasteiger partial charge < -0.3 is 11.1 Å². The van der Waals surface area contributed by atoms with Crippen molar-refractivity contribution in [1.82, 2.24) is 0 Å². The number of rotatable bonds is 4. The van der Waals surface area contributed by atoms with Crippen LogP contribution in [0.5, 0.6) is 0 Å². The molecule has 0 heterocycles. The zero-order chi connectivity index (χ0) is 14.6. The van der Waals surface area contributed by atoms with Crippen molar-refractivity contribution in [3.63, 3.8) is 0 Å². The van der Waals surface area contributed by atoms with Gasteiger partial charge in [-0.2, -0.15) is 5.26 Å². The molecule has 0 amide bonds. The predicted octanol–water partition coefficient (Wildman–Crippen LogP) is 2.54. The lowest BCUT2D eigenvalue weighted by Gasteiger charge is -2.33. The minimum atomic E-state index is -0.451. The van der Waals surface area contributed by atoms with Crippen LogP contribution in [0.1, 0.15) is 37.7 Å². The Morgan fingerprint density at radius 1 is 1.40 bits per heavy atom. The van der Waals surface area contributed by atoms with Crippen LogP contribution in [0.3, 0.4) is 0 Å². The summed E-state index contributed by atoms with van der Waals surface area (Å²) in [4.78, 5) is 10.6. The summed E-state index contributed by atoms with van der Waals surface area (Å²) in [7, 11) is 0. The molecule has 0 aliphatic heterocycles. The molecule has 1 saturated carbocycles. The first-order valence-electron chi connectivity index (χ1n) is 6.75. The highest BCUT2D eigenvalue weighted by molar-refractivity contribution is 5.64. The fourth-order valence-corrected chi connectivity index (χ4v) is 2.61. The summed E-state index contributed by atoms with van der Waals surface area (Å²) in [6.07, 6.45) is 5.23. The Balaban J connectivity index is 2.15. The number of nitro benzene ring substituents is 1. The summed E-state index contributed by atoms with van der Waals surface area (Å²) in [5, 5.41) is 23.0. The van der Waals surface area contributed by atoms with E-state index in [4.69, 9.17) is 11.0 Å². The smallest absolute Gasteiger partial charge is 0.292 e. The number of nitrogens with zero attached hydrogens (tertiary/aromatic N) is 2. The van der Waals surface area contributed by atoms with Gasteiger partial charge in [0.15, 0.2) is 0 Å². The minimum absolute atomic E-state index is 0.0246. The van der Waals surface area contributed by atoms with Gasteiger partial charge in [0.25, 0.3) is 5.69 Å². The maximum absolute atomic E-state index is 11.0. The summed E-state index contributed by atoms with van der Waals surface area (Å²) in [6, 6.07) is 6.29. The molecule has 0 bridgehead atoms. The highest BCUT2D eigenvalue weighted by Crippen LogP contribution is 2.29. The molecule has 1 aliphatic rings. The van der Waals surface area contributed by atoms with E-state index in [2.05, 4.69) is 5.32 Å². The lowest BCUT2D eigenvalue weighted by molar-refractivity contribution is -0.384. The fourth-order valence-electron chi connectivity index (χ4n) is 2.61. The third kappa shape index (κ3) is 3.25. The van der Waals surface area contributed by atoms with E-state index in [0.29, 0.717) is 17.8 Å². The maximum atomic E-state index is 11.0. The number of hydrogen-bond acceptors (Lipinski definition) is 5. The molecule has 0 spiro atoms. The van der Waals surface area contributed by atoms with E-state index < -0.39 is 4.92 Å². The van der Waals surface area contributed by atoms with Crippen LogP contribution >= 0.6 is 0 Å². The summed E-state index contributed by atoms with van der Waals surface area (Å²) < 4.78 is 0. The van der Waals surface area contributed by atoms with E-state index >= 15 is 0 Å². The van der Waals surface area contributed by atoms with Crippen LogP contribution in [-0.2, 0) is 0 Å². The lowest BCUT2D eigenvalue weighted by atomic mass is 9.82. The van der Waals surface area contributed by atoms with Crippen molar-refractivity contribution in [2.24, 2.45) is 5.73 Å². The molecule has 1 aliphatic carbocycles. The molecule has 6 nitrogen and oxygen atoms in total. The Kier molecular flexibility index (Phi) is 4.20. The molecule has 1 aromatic carbocycles. The first kappa shape index (κ1) is 14.3. The Hall–Kier alpha value is -2.13. The third-order valence-electron chi connectivity index (χ3n) is 3.80. The largest absolute Gasteiger partial charge is 0.378 e. The molecular formula is C14H18N4O2. The van der Waals surface area contributed by atoms with Gasteiger partial charge in [-0.1, -0.05) is 19.3 Å². The van der Waals surface area contributed by atoms with Crippen LogP contribution in [0.4, 0.5) is 11.4 Å². The van der Waals surface area contributed by atoms with Gasteiger partial charge in [0, 0.05) is 18.2 Å². The number of nitro groups is 1. The van der Waals surface area contributed by atoms with Gasteiger partial charge in [0.1, 0.15) is 5.69 Å². The standard InChI is InChI=1S/C14H18N4O2/c15-9-11-4-5-13(18(19)20)12(8-11)17-10-14(16)6-2-1-3-7-14/h4-5,8,17H,1-3,6-7,10,16H2. The molecule has 0 unspecified atom stereocenters. The number of hydrogen-bond donors (Lipinski definition) is 2. The first-order valence-corrected chi connectivity index (χ1v) is 6.75. The predicted molar refractivity (Wildman–Crippen MR) is 76.3 cm³/mol. The second-order valence-corrected chi connectivity index (χ2v) is 5.38. The summed E-state index contributed by atoms with van der Waals surface area (Å²) in [5.41, 5.74) is 6.73. The van der Waals surface area contributed by atoms with Crippen LogP contribution in [0, 0.1) is 21.4 Å². The average Bonchev–Trinajstić information content (AvgIpc) is 2.45. The molecule has 0 saturated heterocycles. The van der Waals surface area contributed by atoms with Gasteiger partial charge in [-0.15, -0.1) is 0 Å². The Morgan fingerprint density at radius 3 is 2.70 bits per heavy atom. The number of benzene rings is 1. The Bertz CT molecular complexity index is 545. The molecular weight excluding hydrogens is 256 g/mol. The molecule has 1 aromatic rings. The number of nitriles is 1. The molecule has 3 N–H and O–H groups in total. The zero-order valence-corrected chi connectivity index (χ0v) is 11.3. The van der Waals surface area contributed by atoms with E-state index in [1.165, 1.54) is 24.6 Å².